The van der Waals surface area contributed by atoms with Gasteiger partial charge in [0.05, 0.1) is 6.61 Å². The van der Waals surface area contributed by atoms with E-state index in [0.717, 1.165) is 10.6 Å². The van der Waals surface area contributed by atoms with E-state index in [1.54, 1.807) is 0 Å². The van der Waals surface area contributed by atoms with Gasteiger partial charge in [0.25, 0.3) is 5.56 Å². The number of aliphatic hydroxyl groups excluding tert-OH is 2. The Kier molecular flexibility index (Phi) is 3.62. The standard InChI is InChI=1S/C10H14N2O6/c1-17-8-5(4-13)18-9(7(8)15)12-3-2-6(14)11-10(12)16/h2-3,5,7-9,13,15H,4H2,1H3,(H,11,14,16)/t5-,7+,8?,9-/m1/s1. The van der Waals surface area contributed by atoms with E-state index < -0.39 is 35.8 Å². The van der Waals surface area contributed by atoms with Gasteiger partial charge in [-0.05, 0) is 0 Å². The Balaban J connectivity index is 2.34. The third kappa shape index (κ3) is 2.10. The van der Waals surface area contributed by atoms with E-state index in [9.17, 15) is 14.7 Å². The predicted octanol–water partition coefficient (Wildman–Crippen LogP) is -2.20. The van der Waals surface area contributed by atoms with Crippen molar-refractivity contribution < 1.29 is 19.7 Å². The van der Waals surface area contributed by atoms with Gasteiger partial charge in [-0.3, -0.25) is 14.3 Å². The first-order valence-electron chi connectivity index (χ1n) is 5.37. The first-order chi connectivity index (χ1) is 8.58. The fraction of sp³-hybridized carbons (Fsp3) is 0.600. The molecule has 2 rings (SSSR count). The van der Waals surface area contributed by atoms with Crippen LogP contribution in [0.5, 0.6) is 0 Å². The number of rotatable bonds is 3. The van der Waals surface area contributed by atoms with Crippen LogP contribution in [-0.4, -0.2) is 51.8 Å². The molecule has 1 fully saturated rings. The molecule has 18 heavy (non-hydrogen) atoms. The third-order valence-electron chi connectivity index (χ3n) is 2.89. The Morgan fingerprint density at radius 2 is 2.28 bits per heavy atom. The second-order valence-electron chi connectivity index (χ2n) is 3.96. The van der Waals surface area contributed by atoms with Gasteiger partial charge in [-0.2, -0.15) is 0 Å². The molecule has 0 bridgehead atoms. The molecule has 3 N–H and O–H groups in total. The maximum atomic E-state index is 11.6. The first-order valence-corrected chi connectivity index (χ1v) is 5.37. The summed E-state index contributed by atoms with van der Waals surface area (Å²) in [7, 11) is 1.37. The highest BCUT2D eigenvalue weighted by atomic mass is 16.6. The zero-order chi connectivity index (χ0) is 13.3. The number of aliphatic hydroxyl groups is 2. The van der Waals surface area contributed by atoms with Gasteiger partial charge in [-0.1, -0.05) is 0 Å². The highest BCUT2D eigenvalue weighted by molar-refractivity contribution is 4.93. The Morgan fingerprint density at radius 1 is 1.56 bits per heavy atom. The Morgan fingerprint density at radius 3 is 2.78 bits per heavy atom. The fourth-order valence-corrected chi connectivity index (χ4v) is 2.02. The third-order valence-corrected chi connectivity index (χ3v) is 2.89. The minimum Gasteiger partial charge on any atom is -0.394 e. The van der Waals surface area contributed by atoms with Crippen LogP contribution < -0.4 is 11.2 Å². The van der Waals surface area contributed by atoms with Crippen LogP contribution in [0.25, 0.3) is 0 Å². The average Bonchev–Trinajstić information content (AvgIpc) is 2.66. The van der Waals surface area contributed by atoms with Crippen molar-refractivity contribution >= 4 is 0 Å². The minimum absolute atomic E-state index is 0.343. The largest absolute Gasteiger partial charge is 0.394 e. The monoisotopic (exact) mass is 258 g/mol. The fourth-order valence-electron chi connectivity index (χ4n) is 2.02. The number of aromatic amines is 1. The molecular weight excluding hydrogens is 244 g/mol. The van der Waals surface area contributed by atoms with E-state index in [0.29, 0.717) is 0 Å². The quantitative estimate of drug-likeness (QED) is 0.567. The van der Waals surface area contributed by atoms with Crippen molar-refractivity contribution in [2.45, 2.75) is 24.5 Å². The van der Waals surface area contributed by atoms with Crippen LogP contribution in [0.3, 0.4) is 0 Å². The van der Waals surface area contributed by atoms with E-state index >= 15 is 0 Å². The van der Waals surface area contributed by atoms with Crippen molar-refractivity contribution in [1.29, 1.82) is 0 Å². The number of aromatic nitrogens is 2. The molecule has 1 aromatic rings. The molecule has 0 spiro atoms. The van der Waals surface area contributed by atoms with Gasteiger partial charge < -0.3 is 19.7 Å². The molecule has 4 atom stereocenters. The van der Waals surface area contributed by atoms with Crippen LogP contribution in [-0.2, 0) is 9.47 Å². The van der Waals surface area contributed by atoms with E-state index in [4.69, 9.17) is 14.6 Å². The van der Waals surface area contributed by atoms with Crippen molar-refractivity contribution in [2.75, 3.05) is 13.7 Å². The van der Waals surface area contributed by atoms with Gasteiger partial charge in [-0.15, -0.1) is 0 Å². The molecule has 8 nitrogen and oxygen atoms in total. The molecule has 0 aromatic carbocycles. The second kappa shape index (κ2) is 5.02. The number of methoxy groups -OCH3 is 1. The van der Waals surface area contributed by atoms with Gasteiger partial charge in [0.1, 0.15) is 18.3 Å². The number of hydrogen-bond donors (Lipinski definition) is 3. The lowest BCUT2D eigenvalue weighted by Gasteiger charge is -2.17. The van der Waals surface area contributed by atoms with Gasteiger partial charge in [0.15, 0.2) is 6.23 Å². The van der Waals surface area contributed by atoms with Crippen LogP contribution in [0.1, 0.15) is 6.23 Å². The first kappa shape index (κ1) is 13.0. The summed E-state index contributed by atoms with van der Waals surface area (Å²) in [6.07, 6.45) is -2.36. The Hall–Kier alpha value is -1.48. The van der Waals surface area contributed by atoms with E-state index in [2.05, 4.69) is 4.98 Å². The highest BCUT2D eigenvalue weighted by Gasteiger charge is 2.44. The molecule has 100 valence electrons. The summed E-state index contributed by atoms with van der Waals surface area (Å²) < 4.78 is 11.4. The second-order valence-corrected chi connectivity index (χ2v) is 3.96. The number of ether oxygens (including phenoxy) is 2. The molecule has 1 aliphatic rings. The molecule has 0 saturated carbocycles. The lowest BCUT2D eigenvalue weighted by atomic mass is 10.1. The molecule has 1 saturated heterocycles. The molecule has 8 heteroatoms. The highest BCUT2D eigenvalue weighted by Crippen LogP contribution is 2.29. The molecule has 2 heterocycles. The summed E-state index contributed by atoms with van der Waals surface area (Å²) in [4.78, 5) is 24.6. The van der Waals surface area contributed by atoms with Crippen LogP contribution in [0.2, 0.25) is 0 Å². The summed E-state index contributed by atoms with van der Waals surface area (Å²) in [5.74, 6) is 0. The van der Waals surface area contributed by atoms with Crippen molar-refractivity contribution in [2.24, 2.45) is 0 Å². The van der Waals surface area contributed by atoms with Crippen molar-refractivity contribution in [3.05, 3.63) is 33.1 Å². The van der Waals surface area contributed by atoms with Crippen LogP contribution in [0, 0.1) is 0 Å². The lowest BCUT2D eigenvalue weighted by molar-refractivity contribution is -0.0569. The maximum absolute atomic E-state index is 11.6. The summed E-state index contributed by atoms with van der Waals surface area (Å²) >= 11 is 0. The minimum atomic E-state index is -1.12. The topological polar surface area (TPSA) is 114 Å². The summed E-state index contributed by atoms with van der Waals surface area (Å²) in [6.45, 7) is -0.343. The summed E-state index contributed by atoms with van der Waals surface area (Å²) in [5.41, 5.74) is -1.23. The van der Waals surface area contributed by atoms with Gasteiger partial charge in [-0.25, -0.2) is 4.79 Å². The van der Waals surface area contributed by atoms with Crippen molar-refractivity contribution in [1.82, 2.24) is 9.55 Å². The Bertz CT molecular complexity index is 524. The number of nitrogens with zero attached hydrogens (tertiary/aromatic N) is 1. The molecule has 1 unspecified atom stereocenters. The van der Waals surface area contributed by atoms with E-state index in [1.165, 1.54) is 13.3 Å². The summed E-state index contributed by atoms with van der Waals surface area (Å²) in [6, 6.07) is 1.14. The average molecular weight is 258 g/mol. The lowest BCUT2D eigenvalue weighted by Crippen LogP contribution is -2.38. The molecule has 1 aliphatic heterocycles. The zero-order valence-electron chi connectivity index (χ0n) is 9.65. The smallest absolute Gasteiger partial charge is 0.330 e. The predicted molar refractivity (Wildman–Crippen MR) is 59.1 cm³/mol. The van der Waals surface area contributed by atoms with Gasteiger partial charge in [0.2, 0.25) is 0 Å². The van der Waals surface area contributed by atoms with Gasteiger partial charge >= 0.3 is 5.69 Å². The number of H-pyrrole nitrogens is 1. The number of nitrogens with one attached hydrogen (secondary N) is 1. The van der Waals surface area contributed by atoms with Crippen LogP contribution >= 0.6 is 0 Å². The zero-order valence-corrected chi connectivity index (χ0v) is 9.65. The van der Waals surface area contributed by atoms with Crippen molar-refractivity contribution in [3.8, 4) is 0 Å². The summed E-state index contributed by atoms with van der Waals surface area (Å²) in [5, 5.41) is 19.1. The van der Waals surface area contributed by atoms with Gasteiger partial charge in [0, 0.05) is 19.4 Å². The molecule has 0 aliphatic carbocycles. The molecule has 0 radical (unpaired) electrons. The molecular formula is C10H14N2O6. The molecule has 1 aromatic heterocycles. The van der Waals surface area contributed by atoms with E-state index in [-0.39, 0.29) is 6.61 Å². The van der Waals surface area contributed by atoms with E-state index in [1.807, 2.05) is 0 Å². The normalized spacial score (nSPS) is 31.7. The molecule has 0 amide bonds. The van der Waals surface area contributed by atoms with Crippen LogP contribution in [0.15, 0.2) is 21.9 Å². The SMILES string of the molecule is COC1[C@@H](CO)O[C@@H](n2ccc(=O)[nH]c2=O)[C@H]1O. The number of hydrogen-bond acceptors (Lipinski definition) is 6. The van der Waals surface area contributed by atoms with Crippen LogP contribution in [0.4, 0.5) is 0 Å². The maximum Gasteiger partial charge on any atom is 0.330 e. The van der Waals surface area contributed by atoms with Crippen molar-refractivity contribution in [3.63, 3.8) is 0 Å². The Labute approximate surface area is 101 Å².